The summed E-state index contributed by atoms with van der Waals surface area (Å²) in [5, 5.41) is 2.05. The number of benzene rings is 4. The Balaban J connectivity index is 1.32. The Morgan fingerprint density at radius 1 is 0.778 bits per heavy atom. The van der Waals surface area contributed by atoms with Gasteiger partial charge in [0, 0.05) is 23.3 Å². The molecule has 3 aromatic heterocycles. The van der Waals surface area contributed by atoms with Crippen LogP contribution in [0.15, 0.2) is 110 Å². The molecular weight excluding hydrogens is 554 g/mol. The van der Waals surface area contributed by atoms with Gasteiger partial charge < -0.3 is 9.30 Å². The zero-order valence-electron chi connectivity index (χ0n) is 26.0. The summed E-state index contributed by atoms with van der Waals surface area (Å²) in [6, 6.07) is 30.5. The van der Waals surface area contributed by atoms with Crippen molar-refractivity contribution in [2.75, 3.05) is 0 Å². The summed E-state index contributed by atoms with van der Waals surface area (Å²) < 4.78 is 10.7. The third-order valence-electron chi connectivity index (χ3n) is 8.35. The van der Waals surface area contributed by atoms with Gasteiger partial charge in [-0.2, -0.15) is 0 Å². The van der Waals surface area contributed by atoms with Crippen molar-refractivity contribution in [1.82, 2.24) is 19.1 Å². The van der Waals surface area contributed by atoms with Crippen LogP contribution in [-0.4, -0.2) is 19.1 Å². The van der Waals surface area contributed by atoms with Crippen molar-refractivity contribution in [3.63, 3.8) is 0 Å². The van der Waals surface area contributed by atoms with E-state index in [0.29, 0.717) is 17.2 Å². The van der Waals surface area contributed by atoms with Gasteiger partial charge >= 0.3 is 0 Å². The fraction of sp³-hybridized carbons (Fsp3) is 0.154. The molecule has 0 aliphatic rings. The fourth-order valence-electron chi connectivity index (χ4n) is 6.06. The molecule has 0 unspecified atom stereocenters. The van der Waals surface area contributed by atoms with Crippen LogP contribution in [0.5, 0.6) is 11.5 Å². The molecule has 0 atom stereocenters. The molecule has 7 rings (SSSR count). The standard InChI is InChI=1S/C39H33N5O/c1-25-11-9-12-26(2)38(25)43-23-33(42-24-43)27-13-10-14-29(19-27)45-36-22-35-31(21-32(36)40-6)30-15-7-8-16-34(30)44(35)37-20-28(17-18-41-37)39(3,4)5/h7-24H,1-5H3. The topological polar surface area (TPSA) is 49.2 Å². The number of pyridine rings is 1. The van der Waals surface area contributed by atoms with Gasteiger partial charge in [-0.3, -0.25) is 4.57 Å². The van der Waals surface area contributed by atoms with Crippen LogP contribution >= 0.6 is 0 Å². The molecule has 0 spiro atoms. The van der Waals surface area contributed by atoms with E-state index in [2.05, 4.69) is 91.1 Å². The average Bonchev–Trinajstić information content (AvgIpc) is 3.63. The molecule has 0 fully saturated rings. The first-order valence-electron chi connectivity index (χ1n) is 15.0. The summed E-state index contributed by atoms with van der Waals surface area (Å²) in [4.78, 5) is 13.4. The van der Waals surface area contributed by atoms with Crippen molar-refractivity contribution in [1.29, 1.82) is 0 Å². The van der Waals surface area contributed by atoms with Gasteiger partial charge in [0.2, 0.25) is 5.69 Å². The minimum atomic E-state index is -0.0262. The summed E-state index contributed by atoms with van der Waals surface area (Å²) in [6.07, 6.45) is 5.77. The predicted molar refractivity (Wildman–Crippen MR) is 182 cm³/mol. The predicted octanol–water partition coefficient (Wildman–Crippen LogP) is 10.3. The van der Waals surface area contributed by atoms with Crippen molar-refractivity contribution >= 4 is 27.5 Å². The minimum Gasteiger partial charge on any atom is -0.468 e. The third kappa shape index (κ3) is 5.03. The maximum Gasteiger partial charge on any atom is 0.229 e. The Labute approximate surface area is 263 Å². The number of imidazole rings is 1. The Kier molecular flexibility index (Phi) is 6.75. The van der Waals surface area contributed by atoms with Gasteiger partial charge in [0.1, 0.15) is 17.3 Å². The molecule has 0 saturated heterocycles. The van der Waals surface area contributed by atoms with Gasteiger partial charge in [-0.1, -0.05) is 69.3 Å². The normalized spacial score (nSPS) is 11.6. The van der Waals surface area contributed by atoms with Gasteiger partial charge in [0.05, 0.1) is 35.3 Å². The van der Waals surface area contributed by atoms with E-state index in [1.54, 1.807) is 0 Å². The summed E-state index contributed by atoms with van der Waals surface area (Å²) in [7, 11) is 0. The molecule has 45 heavy (non-hydrogen) atoms. The molecule has 6 heteroatoms. The van der Waals surface area contributed by atoms with Crippen LogP contribution in [0.4, 0.5) is 5.69 Å². The monoisotopic (exact) mass is 587 g/mol. The van der Waals surface area contributed by atoms with E-state index >= 15 is 0 Å². The molecule has 7 aromatic rings. The van der Waals surface area contributed by atoms with Crippen LogP contribution < -0.4 is 4.74 Å². The van der Waals surface area contributed by atoms with Crippen LogP contribution in [0, 0.1) is 20.4 Å². The Bertz CT molecular complexity index is 2260. The summed E-state index contributed by atoms with van der Waals surface area (Å²) >= 11 is 0. The highest BCUT2D eigenvalue weighted by Gasteiger charge is 2.20. The lowest BCUT2D eigenvalue weighted by Gasteiger charge is -2.20. The van der Waals surface area contributed by atoms with Crippen molar-refractivity contribution in [3.8, 4) is 34.3 Å². The van der Waals surface area contributed by atoms with Crippen molar-refractivity contribution < 1.29 is 4.74 Å². The smallest absolute Gasteiger partial charge is 0.229 e. The van der Waals surface area contributed by atoms with Gasteiger partial charge in [-0.15, -0.1) is 0 Å². The number of hydrogen-bond acceptors (Lipinski definition) is 3. The van der Waals surface area contributed by atoms with E-state index in [9.17, 15) is 0 Å². The van der Waals surface area contributed by atoms with Gasteiger partial charge in [-0.05, 0) is 83.8 Å². The highest BCUT2D eigenvalue weighted by Crippen LogP contribution is 2.41. The lowest BCUT2D eigenvalue weighted by atomic mass is 9.88. The molecule has 220 valence electrons. The molecule has 0 N–H and O–H groups in total. The number of aryl methyl sites for hydroxylation is 2. The maximum absolute atomic E-state index is 8.01. The first kappa shape index (κ1) is 28.1. The second kappa shape index (κ2) is 10.8. The van der Waals surface area contributed by atoms with E-state index in [1.807, 2.05) is 67.3 Å². The van der Waals surface area contributed by atoms with Crippen molar-refractivity contribution in [2.24, 2.45) is 0 Å². The number of rotatable bonds is 5. The quantitative estimate of drug-likeness (QED) is 0.188. The Hall–Kier alpha value is -5.67. The zero-order chi connectivity index (χ0) is 31.3. The van der Waals surface area contributed by atoms with E-state index in [1.165, 1.54) is 16.7 Å². The molecular formula is C39H33N5O. The number of hydrogen-bond donors (Lipinski definition) is 0. The largest absolute Gasteiger partial charge is 0.468 e. The maximum atomic E-state index is 8.01. The van der Waals surface area contributed by atoms with E-state index in [4.69, 9.17) is 21.3 Å². The van der Waals surface area contributed by atoms with Gasteiger partial charge in [0.25, 0.3) is 0 Å². The molecule has 0 bridgehead atoms. The average molecular weight is 588 g/mol. The van der Waals surface area contributed by atoms with Crippen molar-refractivity contribution in [3.05, 3.63) is 138 Å². The number of aromatic nitrogens is 4. The van der Waals surface area contributed by atoms with E-state index < -0.39 is 0 Å². The lowest BCUT2D eigenvalue weighted by Crippen LogP contribution is -2.12. The van der Waals surface area contributed by atoms with Crippen LogP contribution in [0.3, 0.4) is 0 Å². The third-order valence-corrected chi connectivity index (χ3v) is 8.35. The zero-order valence-corrected chi connectivity index (χ0v) is 26.0. The molecule has 4 aromatic carbocycles. The molecule has 6 nitrogen and oxygen atoms in total. The van der Waals surface area contributed by atoms with Crippen molar-refractivity contribution in [2.45, 2.75) is 40.0 Å². The number of para-hydroxylation sites is 2. The highest BCUT2D eigenvalue weighted by molar-refractivity contribution is 6.11. The molecule has 0 radical (unpaired) electrons. The number of ether oxygens (including phenoxy) is 1. The second-order valence-corrected chi connectivity index (χ2v) is 12.5. The van der Waals surface area contributed by atoms with Crippen LogP contribution in [0.1, 0.15) is 37.5 Å². The first-order chi connectivity index (χ1) is 21.7. The lowest BCUT2D eigenvalue weighted by molar-refractivity contribution is 0.486. The van der Waals surface area contributed by atoms with Crippen LogP contribution in [0.25, 0.3) is 49.4 Å². The molecule has 0 aliphatic heterocycles. The molecule has 0 amide bonds. The van der Waals surface area contributed by atoms with Gasteiger partial charge in [-0.25, -0.2) is 14.8 Å². The van der Waals surface area contributed by atoms with Crippen LogP contribution in [-0.2, 0) is 5.41 Å². The number of nitrogens with zero attached hydrogens (tertiary/aromatic N) is 5. The Morgan fingerprint density at radius 3 is 2.33 bits per heavy atom. The van der Waals surface area contributed by atoms with Crippen LogP contribution in [0.2, 0.25) is 0 Å². The second-order valence-electron chi connectivity index (χ2n) is 12.5. The summed E-state index contributed by atoms with van der Waals surface area (Å²) in [5.74, 6) is 1.96. The summed E-state index contributed by atoms with van der Waals surface area (Å²) in [5.41, 5.74) is 8.87. The summed E-state index contributed by atoms with van der Waals surface area (Å²) in [6.45, 7) is 18.8. The molecule has 3 heterocycles. The SMILES string of the molecule is [C-]#[N+]c1cc2c3ccccc3n(-c3cc(C(C)(C)C)ccn3)c2cc1Oc1cccc(-c2cn(-c3c(C)cccc3C)cn2)c1. The Morgan fingerprint density at radius 2 is 1.56 bits per heavy atom. The first-order valence-corrected chi connectivity index (χ1v) is 15.0. The minimum absolute atomic E-state index is 0.0262. The van der Waals surface area contributed by atoms with E-state index in [0.717, 1.165) is 44.6 Å². The number of fused-ring (bicyclic) bond motifs is 3. The fourth-order valence-corrected chi connectivity index (χ4v) is 6.06. The highest BCUT2D eigenvalue weighted by atomic mass is 16.5. The molecule has 0 saturated carbocycles. The van der Waals surface area contributed by atoms with E-state index in [-0.39, 0.29) is 5.41 Å². The van der Waals surface area contributed by atoms with Gasteiger partial charge in [0.15, 0.2) is 0 Å². The molecule has 0 aliphatic carbocycles.